The number of unbranched alkanes of at least 4 members (excludes halogenated alkanes) is 2. The summed E-state index contributed by atoms with van der Waals surface area (Å²) in [6.45, 7) is 4.33. The molecule has 0 amide bonds. The quantitative estimate of drug-likeness (QED) is 0.332. The van der Waals surface area contributed by atoms with E-state index in [0.717, 1.165) is 14.4 Å². The van der Waals surface area contributed by atoms with Crippen molar-refractivity contribution in [3.05, 3.63) is 64.8 Å². The minimum atomic E-state index is -1.99. The number of rotatable bonds is 8. The van der Waals surface area contributed by atoms with Gasteiger partial charge >= 0.3 is 71.2 Å². The fourth-order valence-electron chi connectivity index (χ4n) is 2.88. The van der Waals surface area contributed by atoms with E-state index < -0.39 is 19.7 Å². The molecule has 0 aliphatic carbocycles. The van der Waals surface area contributed by atoms with E-state index >= 15 is 0 Å². The monoisotopic (exact) mass is 502 g/mol. The number of methoxy groups -OCH3 is 1. The Morgan fingerprint density at radius 3 is 2.17 bits per heavy atom. The van der Waals surface area contributed by atoms with E-state index in [1.807, 2.05) is 30.3 Å². The van der Waals surface area contributed by atoms with E-state index in [9.17, 15) is 7.87 Å². The Balaban J connectivity index is 0.000000257. The van der Waals surface area contributed by atoms with Gasteiger partial charge in [-0.25, -0.2) is 0 Å². The molecule has 29 heavy (non-hydrogen) atoms. The van der Waals surface area contributed by atoms with Gasteiger partial charge in [0.1, 0.15) is 17.1 Å². The molecule has 0 radical (unpaired) electrons. The Labute approximate surface area is 180 Å². The molecule has 2 aromatic carbocycles. The van der Waals surface area contributed by atoms with Crippen LogP contribution in [0.3, 0.4) is 0 Å². The molecule has 0 unspecified atom stereocenters. The summed E-state index contributed by atoms with van der Waals surface area (Å²) in [7, 11) is 1.58. The van der Waals surface area contributed by atoms with Crippen molar-refractivity contribution in [1.82, 2.24) is 0 Å². The van der Waals surface area contributed by atoms with Crippen molar-refractivity contribution in [2.24, 2.45) is 0 Å². The van der Waals surface area contributed by atoms with E-state index in [4.69, 9.17) is 9.15 Å². The first-order valence-electron chi connectivity index (χ1n) is 10.3. The smallest absolute Gasteiger partial charge is 0.193 e. The van der Waals surface area contributed by atoms with Crippen LogP contribution in [0.15, 0.2) is 63.8 Å². The summed E-state index contributed by atoms with van der Waals surface area (Å²) in [5.74, 6) is 1.23. The van der Waals surface area contributed by atoms with Crippen molar-refractivity contribution >= 4 is 30.7 Å². The first kappa shape index (κ1) is 23.3. The molecule has 0 saturated heterocycles. The standard InChI is InChI=1S/C16H12O3.2C4H9.O.Sn/c1-18-12-7-8-13-14(17)10-15(19-16(13)9-12)11-5-3-2-4-6-11;2*1-3-4-2;;/h2-10H,1H3;2*1,3-4H2,2H3;;. The molecule has 0 aliphatic rings. The zero-order valence-electron chi connectivity index (χ0n) is 17.6. The van der Waals surface area contributed by atoms with E-state index in [0.29, 0.717) is 22.5 Å². The number of ether oxygens (including phenoxy) is 1. The van der Waals surface area contributed by atoms with Crippen LogP contribution < -0.4 is 10.2 Å². The molecule has 0 bridgehead atoms. The normalized spacial score (nSPS) is 10.3. The third-order valence-corrected chi connectivity index (χ3v) is 9.81. The van der Waals surface area contributed by atoms with Gasteiger partial charge in [-0.2, -0.15) is 0 Å². The van der Waals surface area contributed by atoms with Crippen LogP contribution in [0.2, 0.25) is 8.87 Å². The summed E-state index contributed by atoms with van der Waals surface area (Å²) in [4.78, 5) is 12.1. The van der Waals surface area contributed by atoms with E-state index in [1.54, 1.807) is 25.3 Å². The fraction of sp³-hybridized carbons (Fsp3) is 0.375. The minimum absolute atomic E-state index is 0.0530. The van der Waals surface area contributed by atoms with Gasteiger partial charge in [0.15, 0.2) is 5.43 Å². The van der Waals surface area contributed by atoms with Crippen molar-refractivity contribution in [2.45, 2.75) is 48.4 Å². The van der Waals surface area contributed by atoms with Crippen molar-refractivity contribution < 1.29 is 12.2 Å². The van der Waals surface area contributed by atoms with Crippen LogP contribution in [0, 0.1) is 0 Å². The topological polar surface area (TPSA) is 56.5 Å². The molecule has 154 valence electrons. The van der Waals surface area contributed by atoms with Crippen molar-refractivity contribution in [3.63, 3.8) is 0 Å². The van der Waals surface area contributed by atoms with Crippen LogP contribution in [0.1, 0.15) is 39.5 Å². The van der Waals surface area contributed by atoms with Crippen LogP contribution >= 0.6 is 0 Å². The van der Waals surface area contributed by atoms with Gasteiger partial charge in [0.25, 0.3) is 0 Å². The van der Waals surface area contributed by atoms with Gasteiger partial charge in [0, 0.05) is 17.7 Å². The number of hydrogen-bond donors (Lipinski definition) is 0. The van der Waals surface area contributed by atoms with Crippen molar-refractivity contribution in [1.29, 1.82) is 0 Å². The summed E-state index contributed by atoms with van der Waals surface area (Å²) < 4.78 is 24.3. The molecular weight excluding hydrogens is 471 g/mol. The average Bonchev–Trinajstić information content (AvgIpc) is 2.76. The molecule has 0 atom stereocenters. The largest absolute Gasteiger partial charge is 0.497 e. The molecule has 3 rings (SSSR count). The van der Waals surface area contributed by atoms with E-state index in [-0.39, 0.29) is 5.43 Å². The molecule has 4 nitrogen and oxygen atoms in total. The fourth-order valence-corrected chi connectivity index (χ4v) is 7.86. The third kappa shape index (κ3) is 7.42. The second kappa shape index (κ2) is 12.6. The average molecular weight is 501 g/mol. The molecule has 1 heterocycles. The summed E-state index contributed by atoms with van der Waals surface area (Å²) >= 11 is -1.99. The van der Waals surface area contributed by atoms with E-state index in [1.165, 1.54) is 31.7 Å². The van der Waals surface area contributed by atoms with Gasteiger partial charge < -0.3 is 9.15 Å². The third-order valence-electron chi connectivity index (χ3n) is 4.61. The maximum Gasteiger partial charge on any atom is 0.193 e. The Kier molecular flexibility index (Phi) is 10.1. The zero-order valence-corrected chi connectivity index (χ0v) is 20.4. The molecule has 0 N–H and O–H groups in total. The predicted molar refractivity (Wildman–Crippen MR) is 120 cm³/mol. The molecule has 0 aliphatic heterocycles. The SMILES string of the molecule is CCC[CH2][Sn](=[O])[CH2]CCC.COc1ccc2c(=O)cc(-c3ccccc3)oc2c1. The molecule has 0 fully saturated rings. The minimum Gasteiger partial charge on any atom is -0.497 e. The van der Waals surface area contributed by atoms with Gasteiger partial charge in [0.05, 0.1) is 12.5 Å². The molecule has 0 saturated carbocycles. The van der Waals surface area contributed by atoms with E-state index in [2.05, 4.69) is 13.8 Å². The van der Waals surface area contributed by atoms with Gasteiger partial charge in [0.2, 0.25) is 0 Å². The first-order chi connectivity index (χ1) is 14.1. The van der Waals surface area contributed by atoms with Crippen LogP contribution in [0.4, 0.5) is 0 Å². The Morgan fingerprint density at radius 1 is 0.931 bits per heavy atom. The second-order valence-electron chi connectivity index (χ2n) is 6.95. The predicted octanol–water partition coefficient (Wildman–Crippen LogP) is 6.48. The Morgan fingerprint density at radius 2 is 1.59 bits per heavy atom. The van der Waals surface area contributed by atoms with Gasteiger partial charge in [-0.15, -0.1) is 0 Å². The van der Waals surface area contributed by atoms with Crippen LogP contribution in [0.5, 0.6) is 5.75 Å². The second-order valence-corrected chi connectivity index (χ2v) is 12.9. The van der Waals surface area contributed by atoms with Crippen LogP contribution in [0.25, 0.3) is 22.3 Å². The first-order valence-corrected chi connectivity index (χ1v) is 15.5. The van der Waals surface area contributed by atoms with Gasteiger partial charge in [-0.1, -0.05) is 30.3 Å². The number of fused-ring (bicyclic) bond motifs is 1. The van der Waals surface area contributed by atoms with Crippen LogP contribution in [-0.4, -0.2) is 26.9 Å². The summed E-state index contributed by atoms with van der Waals surface area (Å²) in [6, 6.07) is 16.3. The summed E-state index contributed by atoms with van der Waals surface area (Å²) in [5.41, 5.74) is 1.36. The van der Waals surface area contributed by atoms with Crippen molar-refractivity contribution in [2.75, 3.05) is 7.11 Å². The molecule has 1 aromatic heterocycles. The molecular formula is C24H30O4Sn. The van der Waals surface area contributed by atoms with Gasteiger partial charge in [-0.05, 0) is 12.1 Å². The Hall–Kier alpha value is -1.95. The number of hydrogen-bond acceptors (Lipinski definition) is 4. The maximum absolute atomic E-state index is 12.1. The number of benzene rings is 2. The summed E-state index contributed by atoms with van der Waals surface area (Å²) in [5, 5.41) is 0.556. The van der Waals surface area contributed by atoms with Crippen molar-refractivity contribution in [3.8, 4) is 17.1 Å². The Bertz CT molecular complexity index is 954. The summed E-state index contributed by atoms with van der Waals surface area (Å²) in [6.07, 6.45) is 4.81. The van der Waals surface area contributed by atoms with Gasteiger partial charge in [-0.3, -0.25) is 4.79 Å². The molecule has 0 spiro atoms. The maximum atomic E-state index is 12.1. The zero-order chi connectivity index (χ0) is 21.1. The molecule has 3 aromatic rings. The molecule has 5 heteroatoms. The van der Waals surface area contributed by atoms with Crippen LogP contribution in [-0.2, 0) is 3.08 Å².